The van der Waals surface area contributed by atoms with Crippen molar-refractivity contribution < 1.29 is 23.1 Å². The van der Waals surface area contributed by atoms with Gasteiger partial charge in [-0.05, 0) is 37.1 Å². The van der Waals surface area contributed by atoms with E-state index in [1.807, 2.05) is 30.3 Å². The zero-order chi connectivity index (χ0) is 19.7. The van der Waals surface area contributed by atoms with E-state index in [9.17, 15) is 9.36 Å². The second-order valence-electron chi connectivity index (χ2n) is 5.54. The minimum absolute atomic E-state index is 0.0858. The third-order valence-electron chi connectivity index (χ3n) is 3.57. The molecule has 0 spiro atoms. The maximum Gasteiger partial charge on any atom is 0.408 e. The van der Waals surface area contributed by atoms with E-state index in [2.05, 4.69) is 5.32 Å². The topological polar surface area (TPSA) is 73.9 Å². The van der Waals surface area contributed by atoms with Crippen LogP contribution in [0, 0.1) is 0 Å². The quantitative estimate of drug-likeness (QED) is 0.549. The van der Waals surface area contributed by atoms with Crippen LogP contribution in [0.4, 0.5) is 4.79 Å². The lowest BCUT2D eigenvalue weighted by molar-refractivity contribution is 0.134. The predicted molar refractivity (Wildman–Crippen MR) is 105 cm³/mol. The zero-order valence-corrected chi connectivity index (χ0v) is 16.9. The van der Waals surface area contributed by atoms with Crippen molar-refractivity contribution in [3.05, 3.63) is 70.7 Å². The average Bonchev–Trinajstić information content (AvgIpc) is 2.65. The Morgan fingerprint density at radius 2 is 1.74 bits per heavy atom. The number of hydrogen-bond acceptors (Lipinski definition) is 5. The molecule has 27 heavy (non-hydrogen) atoms. The van der Waals surface area contributed by atoms with E-state index in [4.69, 9.17) is 25.4 Å². The fourth-order valence-electron chi connectivity index (χ4n) is 2.44. The van der Waals surface area contributed by atoms with Crippen LogP contribution in [0.2, 0.25) is 5.02 Å². The Bertz CT molecular complexity index is 777. The summed E-state index contributed by atoms with van der Waals surface area (Å²) in [5.74, 6) is -1.04. The number of nitrogens with one attached hydrogen (secondary N) is 1. The molecule has 0 aliphatic rings. The second-order valence-corrected chi connectivity index (χ2v) is 8.09. The Labute approximate surface area is 164 Å². The molecule has 0 bridgehead atoms. The maximum absolute atomic E-state index is 13.3. The highest BCUT2D eigenvalue weighted by atomic mass is 35.5. The molecular formula is C19H23ClNO5P. The van der Waals surface area contributed by atoms with E-state index in [-0.39, 0.29) is 19.8 Å². The molecule has 0 unspecified atom stereocenters. The Hall–Kier alpha value is -1.85. The third-order valence-corrected chi connectivity index (χ3v) is 6.10. The molecule has 0 radical (unpaired) electrons. The number of halogens is 1. The smallest absolute Gasteiger partial charge is 0.408 e. The van der Waals surface area contributed by atoms with Crippen LogP contribution in [0.3, 0.4) is 0 Å². The Morgan fingerprint density at radius 3 is 2.33 bits per heavy atom. The summed E-state index contributed by atoms with van der Waals surface area (Å²) >= 11 is 6.06. The molecule has 0 saturated heterocycles. The molecule has 0 heterocycles. The second kappa shape index (κ2) is 10.5. The van der Waals surface area contributed by atoms with Crippen molar-refractivity contribution in [2.24, 2.45) is 0 Å². The molecule has 146 valence electrons. The molecule has 0 aromatic heterocycles. The van der Waals surface area contributed by atoms with Crippen molar-refractivity contribution in [2.75, 3.05) is 13.2 Å². The number of alkyl carbamates (subject to hydrolysis) is 1. The molecule has 1 amide bonds. The largest absolute Gasteiger partial charge is 0.445 e. The van der Waals surface area contributed by atoms with E-state index < -0.39 is 19.5 Å². The van der Waals surface area contributed by atoms with Gasteiger partial charge in [0.05, 0.1) is 13.2 Å². The number of carbonyl (C=O) groups is 1. The normalized spacial score (nSPS) is 12.4. The summed E-state index contributed by atoms with van der Waals surface area (Å²) < 4.78 is 29.3. The van der Waals surface area contributed by atoms with Gasteiger partial charge in [0.1, 0.15) is 6.61 Å². The molecular weight excluding hydrogens is 389 g/mol. The first kappa shape index (κ1) is 21.5. The lowest BCUT2D eigenvalue weighted by Crippen LogP contribution is -2.30. The fraction of sp³-hybridized carbons (Fsp3) is 0.316. The van der Waals surface area contributed by atoms with Crippen LogP contribution in [0.5, 0.6) is 0 Å². The number of carbonyl (C=O) groups excluding carboxylic acids is 1. The van der Waals surface area contributed by atoms with Gasteiger partial charge in [-0.1, -0.05) is 54.1 Å². The third kappa shape index (κ3) is 6.36. The van der Waals surface area contributed by atoms with Crippen LogP contribution < -0.4 is 5.32 Å². The Morgan fingerprint density at radius 1 is 1.07 bits per heavy atom. The van der Waals surface area contributed by atoms with Gasteiger partial charge in [0.25, 0.3) is 0 Å². The van der Waals surface area contributed by atoms with Crippen LogP contribution in [-0.2, 0) is 25.0 Å². The van der Waals surface area contributed by atoms with Gasteiger partial charge >= 0.3 is 13.7 Å². The van der Waals surface area contributed by atoms with E-state index >= 15 is 0 Å². The highest BCUT2D eigenvalue weighted by molar-refractivity contribution is 7.54. The van der Waals surface area contributed by atoms with E-state index in [0.29, 0.717) is 10.6 Å². The fourth-order valence-corrected chi connectivity index (χ4v) is 4.52. The summed E-state index contributed by atoms with van der Waals surface area (Å²) in [6.07, 6.45) is -0.733. The predicted octanol–water partition coefficient (Wildman–Crippen LogP) is 5.53. The lowest BCUT2D eigenvalue weighted by atomic mass is 10.2. The maximum atomic E-state index is 13.3. The van der Waals surface area contributed by atoms with E-state index in [1.165, 1.54) is 0 Å². The van der Waals surface area contributed by atoms with Crippen LogP contribution in [-0.4, -0.2) is 19.3 Å². The number of rotatable bonds is 9. The molecule has 2 aromatic rings. The van der Waals surface area contributed by atoms with E-state index in [0.717, 1.165) is 5.56 Å². The first-order chi connectivity index (χ1) is 13.0. The molecule has 2 aromatic carbocycles. The highest BCUT2D eigenvalue weighted by Crippen LogP contribution is 2.59. The van der Waals surface area contributed by atoms with Crippen LogP contribution in [0.15, 0.2) is 54.6 Å². The molecule has 1 N–H and O–H groups in total. The minimum Gasteiger partial charge on any atom is -0.445 e. The standard InChI is InChI=1S/C19H23ClNO5P/c1-3-25-27(23,26-4-2)18(16-11-8-12-17(20)13-16)21-19(22)24-14-15-9-6-5-7-10-15/h5-13,18H,3-4,14H2,1-2H3,(H,21,22)/t18-/m0/s1. The molecule has 0 aliphatic heterocycles. The summed E-state index contributed by atoms with van der Waals surface area (Å²) in [4.78, 5) is 12.3. The van der Waals surface area contributed by atoms with Gasteiger partial charge in [-0.2, -0.15) is 0 Å². The molecule has 1 atom stereocenters. The van der Waals surface area contributed by atoms with Crippen molar-refractivity contribution in [3.63, 3.8) is 0 Å². The molecule has 0 aliphatic carbocycles. The Kier molecular flexibility index (Phi) is 8.32. The van der Waals surface area contributed by atoms with Gasteiger partial charge in [-0.25, -0.2) is 4.79 Å². The zero-order valence-electron chi connectivity index (χ0n) is 15.3. The summed E-state index contributed by atoms with van der Waals surface area (Å²) in [5, 5.41) is 3.05. The molecule has 0 fully saturated rings. The van der Waals surface area contributed by atoms with Crippen molar-refractivity contribution in [2.45, 2.75) is 26.2 Å². The highest BCUT2D eigenvalue weighted by Gasteiger charge is 2.38. The van der Waals surface area contributed by atoms with Gasteiger partial charge in [0.15, 0.2) is 5.78 Å². The van der Waals surface area contributed by atoms with Gasteiger partial charge in [0, 0.05) is 5.02 Å². The molecule has 6 nitrogen and oxygen atoms in total. The summed E-state index contributed by atoms with van der Waals surface area (Å²) in [6, 6.07) is 15.9. The average molecular weight is 412 g/mol. The number of benzene rings is 2. The first-order valence-electron chi connectivity index (χ1n) is 8.60. The molecule has 0 saturated carbocycles. The van der Waals surface area contributed by atoms with Crippen LogP contribution in [0.1, 0.15) is 30.8 Å². The van der Waals surface area contributed by atoms with Gasteiger partial charge < -0.3 is 19.1 Å². The number of amides is 1. The number of ether oxygens (including phenoxy) is 1. The SMILES string of the molecule is CCOP(=O)(OCC)[C@H](NC(=O)OCc1ccccc1)c1cccc(Cl)c1. The first-order valence-corrected chi connectivity index (χ1v) is 10.6. The summed E-state index contributed by atoms with van der Waals surface area (Å²) in [6.45, 7) is 3.82. The minimum atomic E-state index is -3.69. The van der Waals surface area contributed by atoms with Crippen LogP contribution in [0.25, 0.3) is 0 Å². The Balaban J connectivity index is 2.21. The molecule has 8 heteroatoms. The van der Waals surface area contributed by atoms with Crippen molar-refractivity contribution in [1.29, 1.82) is 0 Å². The van der Waals surface area contributed by atoms with Crippen molar-refractivity contribution >= 4 is 25.3 Å². The number of hydrogen-bond donors (Lipinski definition) is 1. The van der Waals surface area contributed by atoms with Crippen molar-refractivity contribution in [1.82, 2.24) is 5.32 Å². The van der Waals surface area contributed by atoms with Crippen molar-refractivity contribution in [3.8, 4) is 0 Å². The van der Waals surface area contributed by atoms with E-state index in [1.54, 1.807) is 38.1 Å². The monoisotopic (exact) mass is 411 g/mol. The van der Waals surface area contributed by atoms with Gasteiger partial charge in [-0.3, -0.25) is 4.57 Å². The van der Waals surface area contributed by atoms with Crippen LogP contribution >= 0.6 is 19.2 Å². The summed E-state index contributed by atoms with van der Waals surface area (Å²) in [7, 11) is -3.69. The summed E-state index contributed by atoms with van der Waals surface area (Å²) in [5.41, 5.74) is 1.34. The molecule has 2 rings (SSSR count). The lowest BCUT2D eigenvalue weighted by Gasteiger charge is -2.27. The van der Waals surface area contributed by atoms with Gasteiger partial charge in [0.2, 0.25) is 0 Å². The van der Waals surface area contributed by atoms with Gasteiger partial charge in [-0.15, -0.1) is 0 Å².